The van der Waals surface area contributed by atoms with Gasteiger partial charge in [0.05, 0.1) is 41.7 Å². The topological polar surface area (TPSA) is 88.4 Å². The molecule has 47 heavy (non-hydrogen) atoms. The lowest BCUT2D eigenvalue weighted by atomic mass is 9.95. The van der Waals surface area contributed by atoms with Crippen molar-refractivity contribution < 1.29 is 23.7 Å². The van der Waals surface area contributed by atoms with Crippen molar-refractivity contribution in [3.8, 4) is 17.2 Å². The number of ether oxygens (including phenoxy) is 4. The quantitative estimate of drug-likeness (QED) is 0.165. The second-order valence-electron chi connectivity index (χ2n) is 11.4. The molecular weight excluding hydrogens is 612 g/mol. The third-order valence-corrected chi connectivity index (χ3v) is 8.80. The largest absolute Gasteiger partial charge is 0.493 e. The highest BCUT2D eigenvalue weighted by molar-refractivity contribution is 7.07. The first kappa shape index (κ1) is 31.8. The molecule has 1 aliphatic rings. The van der Waals surface area contributed by atoms with E-state index in [9.17, 15) is 9.59 Å². The van der Waals surface area contributed by atoms with Crippen molar-refractivity contribution in [3.63, 3.8) is 0 Å². The first-order valence-electron chi connectivity index (χ1n) is 15.5. The summed E-state index contributed by atoms with van der Waals surface area (Å²) < 4.78 is 25.2. The Bertz CT molecular complexity index is 2170. The minimum atomic E-state index is -0.773. The molecule has 0 aliphatic carbocycles. The normalized spacial score (nSPS) is 14.6. The number of esters is 1. The van der Waals surface area contributed by atoms with Crippen molar-refractivity contribution in [1.82, 2.24) is 4.57 Å². The summed E-state index contributed by atoms with van der Waals surface area (Å²) in [6, 6.07) is 26.7. The molecule has 0 radical (unpaired) electrons. The molecule has 1 atom stereocenters. The summed E-state index contributed by atoms with van der Waals surface area (Å²) in [6.07, 6.45) is 1.77. The lowest BCUT2D eigenvalue weighted by Crippen LogP contribution is -2.40. The number of rotatable bonds is 10. The van der Waals surface area contributed by atoms with Gasteiger partial charge in [-0.15, -0.1) is 0 Å². The molecule has 5 aromatic rings. The van der Waals surface area contributed by atoms with E-state index in [2.05, 4.69) is 24.3 Å². The molecule has 1 aliphatic heterocycles. The Balaban J connectivity index is 1.38. The standard InChI is InChI=1S/C38H36N2O6S/c1-6-44-37(42)34-24(4)39-38-40(35(34)27-17-18-31(46-23(2)3)32(21-27)43-5)36(41)33(47-38)20-25-11-9-15-29(19-25)45-22-28-14-10-13-26-12-7-8-16-30(26)28/h7-21,23,35H,6,22H2,1-5H3/b33-20+/t35-/m1/s1. The van der Waals surface area contributed by atoms with E-state index >= 15 is 0 Å². The molecule has 0 fully saturated rings. The van der Waals surface area contributed by atoms with Crippen molar-refractivity contribution in [3.05, 3.63) is 133 Å². The Labute approximate surface area is 276 Å². The summed E-state index contributed by atoms with van der Waals surface area (Å²) in [7, 11) is 1.56. The number of carbonyl (C=O) groups excluding carboxylic acids is 1. The fourth-order valence-electron chi connectivity index (χ4n) is 5.74. The maximum Gasteiger partial charge on any atom is 0.338 e. The van der Waals surface area contributed by atoms with E-state index in [0.29, 0.717) is 50.0 Å². The summed E-state index contributed by atoms with van der Waals surface area (Å²) in [5, 5.41) is 2.31. The summed E-state index contributed by atoms with van der Waals surface area (Å²) in [5.74, 6) is 1.23. The zero-order valence-corrected chi connectivity index (χ0v) is 27.8. The monoisotopic (exact) mass is 648 g/mol. The summed E-state index contributed by atoms with van der Waals surface area (Å²) in [5.41, 5.74) is 3.10. The zero-order chi connectivity index (χ0) is 33.1. The van der Waals surface area contributed by atoms with Crippen LogP contribution in [0.5, 0.6) is 17.2 Å². The summed E-state index contributed by atoms with van der Waals surface area (Å²) in [4.78, 5) is 32.6. The Hall–Kier alpha value is -5.15. The fraction of sp³-hybridized carbons (Fsp3) is 0.237. The van der Waals surface area contributed by atoms with Gasteiger partial charge in [0, 0.05) is 0 Å². The molecule has 4 aromatic carbocycles. The van der Waals surface area contributed by atoms with Gasteiger partial charge in [-0.25, -0.2) is 9.79 Å². The minimum Gasteiger partial charge on any atom is -0.493 e. The molecule has 8 nitrogen and oxygen atoms in total. The van der Waals surface area contributed by atoms with Gasteiger partial charge in [-0.05, 0) is 85.5 Å². The van der Waals surface area contributed by atoms with Gasteiger partial charge in [0.1, 0.15) is 12.4 Å². The third-order valence-electron chi connectivity index (χ3n) is 7.81. The number of methoxy groups -OCH3 is 1. The van der Waals surface area contributed by atoms with E-state index in [-0.39, 0.29) is 18.3 Å². The van der Waals surface area contributed by atoms with Crippen LogP contribution in [0.25, 0.3) is 16.8 Å². The van der Waals surface area contributed by atoms with Crippen LogP contribution in [0.1, 0.15) is 50.4 Å². The zero-order valence-electron chi connectivity index (χ0n) is 27.0. The number of carbonyl (C=O) groups is 1. The Morgan fingerprint density at radius 1 is 1.00 bits per heavy atom. The predicted octanol–water partition coefficient (Wildman–Crippen LogP) is 6.33. The Morgan fingerprint density at radius 2 is 1.79 bits per heavy atom. The van der Waals surface area contributed by atoms with Crippen molar-refractivity contribution in [2.24, 2.45) is 4.99 Å². The molecule has 0 saturated carbocycles. The average Bonchev–Trinajstić information content (AvgIpc) is 3.36. The van der Waals surface area contributed by atoms with E-state index in [1.807, 2.05) is 68.5 Å². The van der Waals surface area contributed by atoms with Crippen molar-refractivity contribution in [2.45, 2.75) is 46.4 Å². The van der Waals surface area contributed by atoms with Gasteiger partial charge < -0.3 is 18.9 Å². The molecule has 0 bridgehead atoms. The number of thiazole rings is 1. The lowest BCUT2D eigenvalue weighted by molar-refractivity contribution is -0.139. The molecule has 0 spiro atoms. The second kappa shape index (κ2) is 13.7. The maximum absolute atomic E-state index is 14.1. The third kappa shape index (κ3) is 6.57. The SMILES string of the molecule is CCOC(=O)C1=C(C)N=c2s/c(=C/c3cccc(OCc4cccc5ccccc45)c3)c(=O)n2[C@@H]1c1ccc(OC(C)C)c(OC)c1. The highest BCUT2D eigenvalue weighted by atomic mass is 32.1. The Kier molecular flexibility index (Phi) is 9.26. The number of allylic oxidation sites excluding steroid dienone is 1. The van der Waals surface area contributed by atoms with Crippen molar-refractivity contribution in [2.75, 3.05) is 13.7 Å². The smallest absolute Gasteiger partial charge is 0.338 e. The summed E-state index contributed by atoms with van der Waals surface area (Å²) in [6.45, 7) is 7.98. The van der Waals surface area contributed by atoms with Crippen LogP contribution in [0.4, 0.5) is 0 Å². The van der Waals surface area contributed by atoms with Gasteiger partial charge in [0.15, 0.2) is 16.3 Å². The van der Waals surface area contributed by atoms with Gasteiger partial charge in [-0.2, -0.15) is 0 Å². The van der Waals surface area contributed by atoms with Gasteiger partial charge in [-0.3, -0.25) is 9.36 Å². The highest BCUT2D eigenvalue weighted by Gasteiger charge is 2.34. The molecule has 9 heteroatoms. The van der Waals surface area contributed by atoms with Crippen LogP contribution in [-0.2, 0) is 16.1 Å². The number of aromatic nitrogens is 1. The van der Waals surface area contributed by atoms with Crippen molar-refractivity contribution in [1.29, 1.82) is 0 Å². The molecule has 0 N–H and O–H groups in total. The van der Waals surface area contributed by atoms with E-state index in [1.54, 1.807) is 37.7 Å². The van der Waals surface area contributed by atoms with E-state index < -0.39 is 12.0 Å². The average molecular weight is 649 g/mol. The molecule has 0 unspecified atom stereocenters. The Morgan fingerprint density at radius 3 is 2.57 bits per heavy atom. The van der Waals surface area contributed by atoms with Gasteiger partial charge in [-0.1, -0.05) is 72.0 Å². The molecule has 1 aromatic heterocycles. The minimum absolute atomic E-state index is 0.0632. The summed E-state index contributed by atoms with van der Waals surface area (Å²) >= 11 is 1.27. The van der Waals surface area contributed by atoms with Crippen molar-refractivity contribution >= 4 is 34.2 Å². The molecule has 2 heterocycles. The van der Waals surface area contributed by atoms with E-state index in [4.69, 9.17) is 23.9 Å². The molecule has 0 amide bonds. The van der Waals surface area contributed by atoms with Crippen LogP contribution in [0.3, 0.4) is 0 Å². The van der Waals surface area contributed by atoms with Crippen LogP contribution in [0.2, 0.25) is 0 Å². The molecular formula is C38H36N2O6S. The lowest BCUT2D eigenvalue weighted by Gasteiger charge is -2.25. The predicted molar refractivity (Wildman–Crippen MR) is 184 cm³/mol. The fourth-order valence-corrected chi connectivity index (χ4v) is 6.78. The second-order valence-corrected chi connectivity index (χ2v) is 12.4. The van der Waals surface area contributed by atoms with Gasteiger partial charge >= 0.3 is 5.97 Å². The highest BCUT2D eigenvalue weighted by Crippen LogP contribution is 2.36. The molecule has 6 rings (SSSR count). The first-order valence-corrected chi connectivity index (χ1v) is 16.3. The number of benzene rings is 4. The number of hydrogen-bond donors (Lipinski definition) is 0. The number of hydrogen-bond acceptors (Lipinski definition) is 8. The number of fused-ring (bicyclic) bond motifs is 2. The van der Waals surface area contributed by atoms with Crippen LogP contribution < -0.4 is 29.1 Å². The van der Waals surface area contributed by atoms with Gasteiger partial charge in [0.2, 0.25) is 0 Å². The van der Waals surface area contributed by atoms with Crippen LogP contribution in [0.15, 0.2) is 106 Å². The van der Waals surface area contributed by atoms with E-state index in [0.717, 1.165) is 21.9 Å². The first-order chi connectivity index (χ1) is 22.8. The molecule has 0 saturated heterocycles. The van der Waals surface area contributed by atoms with E-state index in [1.165, 1.54) is 11.3 Å². The van der Waals surface area contributed by atoms with Gasteiger partial charge in [0.25, 0.3) is 5.56 Å². The van der Waals surface area contributed by atoms with Crippen LogP contribution in [-0.4, -0.2) is 30.4 Å². The van der Waals surface area contributed by atoms with Crippen LogP contribution in [0, 0.1) is 0 Å². The molecule has 240 valence electrons. The van der Waals surface area contributed by atoms with Crippen LogP contribution >= 0.6 is 11.3 Å². The number of nitrogens with zero attached hydrogens (tertiary/aromatic N) is 2. The maximum atomic E-state index is 14.1.